The highest BCUT2D eigenvalue weighted by molar-refractivity contribution is 14.0. The molecule has 28 heavy (non-hydrogen) atoms. The highest BCUT2D eigenvalue weighted by atomic mass is 127. The maximum Gasteiger partial charge on any atom is 0.193 e. The van der Waals surface area contributed by atoms with Crippen molar-refractivity contribution >= 4 is 47.5 Å². The zero-order chi connectivity index (χ0) is 19.4. The van der Waals surface area contributed by atoms with Crippen LogP contribution >= 0.6 is 35.7 Å². The van der Waals surface area contributed by atoms with Crippen LogP contribution in [-0.4, -0.2) is 71.8 Å². The molecule has 8 heteroatoms. The molecular weight excluding hydrogens is 485 g/mol. The Morgan fingerprint density at radius 1 is 1.32 bits per heavy atom. The van der Waals surface area contributed by atoms with Crippen molar-refractivity contribution in [2.24, 2.45) is 4.99 Å². The summed E-state index contributed by atoms with van der Waals surface area (Å²) in [5.41, 5.74) is 1.17. The fourth-order valence-corrected chi connectivity index (χ4v) is 4.90. The second-order valence-corrected chi connectivity index (χ2v) is 9.92. The summed E-state index contributed by atoms with van der Waals surface area (Å²) in [5.74, 6) is 3.14. The van der Waals surface area contributed by atoms with Gasteiger partial charge >= 0.3 is 0 Å². The molecule has 0 spiro atoms. The Morgan fingerprint density at radius 2 is 2.04 bits per heavy atom. The molecule has 0 aliphatic carbocycles. The first-order chi connectivity index (χ1) is 12.9. The van der Waals surface area contributed by atoms with E-state index in [-0.39, 0.29) is 40.9 Å². The molecule has 0 amide bonds. The average molecular weight is 519 g/mol. The second-order valence-electron chi connectivity index (χ2n) is 8.12. The van der Waals surface area contributed by atoms with Crippen molar-refractivity contribution in [1.82, 2.24) is 15.2 Å². The van der Waals surface area contributed by atoms with Gasteiger partial charge in [-0.1, -0.05) is 6.07 Å². The van der Waals surface area contributed by atoms with Crippen LogP contribution in [0.5, 0.6) is 0 Å². The molecule has 2 fully saturated rings. The van der Waals surface area contributed by atoms with Gasteiger partial charge < -0.3 is 19.9 Å². The standard InChI is InChI=1S/C20H33N5OS.HI/c1-15-12-25(13-16(2)26-15)18-7-6-17(10-22-18)11-23-19(21-5)24-8-9-27-20(3,4)14-24;/h6-7,10,15-16H,8-9,11-14H2,1-5H3,(H,21,23);1H. The minimum Gasteiger partial charge on any atom is -0.372 e. The molecule has 6 nitrogen and oxygen atoms in total. The van der Waals surface area contributed by atoms with Gasteiger partial charge in [0.1, 0.15) is 5.82 Å². The molecule has 3 rings (SSSR count). The summed E-state index contributed by atoms with van der Waals surface area (Å²) in [6, 6.07) is 4.27. The molecule has 0 saturated carbocycles. The number of nitrogens with one attached hydrogen (secondary N) is 1. The summed E-state index contributed by atoms with van der Waals surface area (Å²) < 4.78 is 6.08. The molecule has 0 radical (unpaired) electrons. The third-order valence-corrected chi connectivity index (χ3v) is 6.24. The van der Waals surface area contributed by atoms with Crippen LogP contribution in [0.25, 0.3) is 0 Å². The number of guanidine groups is 1. The number of morpholine rings is 1. The van der Waals surface area contributed by atoms with Crippen LogP contribution in [0.2, 0.25) is 0 Å². The average Bonchev–Trinajstić information content (AvgIpc) is 2.61. The topological polar surface area (TPSA) is 53.0 Å². The van der Waals surface area contributed by atoms with Crippen LogP contribution in [0, 0.1) is 0 Å². The highest BCUT2D eigenvalue weighted by Gasteiger charge is 2.28. The SMILES string of the molecule is CN=C(NCc1ccc(N2CC(C)OC(C)C2)nc1)N1CCSC(C)(C)C1.I. The van der Waals surface area contributed by atoms with Gasteiger partial charge in [-0.05, 0) is 39.3 Å². The number of hydrogen-bond acceptors (Lipinski definition) is 5. The van der Waals surface area contributed by atoms with Crippen LogP contribution in [-0.2, 0) is 11.3 Å². The van der Waals surface area contributed by atoms with Crippen molar-refractivity contribution < 1.29 is 4.74 Å². The number of aromatic nitrogens is 1. The monoisotopic (exact) mass is 519 g/mol. The fourth-order valence-electron chi connectivity index (χ4n) is 3.78. The van der Waals surface area contributed by atoms with Gasteiger partial charge in [-0.3, -0.25) is 4.99 Å². The van der Waals surface area contributed by atoms with Gasteiger partial charge in [0.2, 0.25) is 0 Å². The molecule has 0 aromatic carbocycles. The number of rotatable bonds is 3. The summed E-state index contributed by atoms with van der Waals surface area (Å²) in [7, 11) is 1.86. The van der Waals surface area contributed by atoms with Crippen LogP contribution in [0.15, 0.2) is 23.3 Å². The molecule has 0 bridgehead atoms. The first-order valence-corrected chi connectivity index (χ1v) is 10.8. The lowest BCUT2D eigenvalue weighted by Gasteiger charge is -2.39. The molecular formula is C20H34IN5OS. The summed E-state index contributed by atoms with van der Waals surface area (Å²) in [5, 5.41) is 3.50. The molecule has 2 saturated heterocycles. The van der Waals surface area contributed by atoms with E-state index in [1.165, 1.54) is 5.56 Å². The van der Waals surface area contributed by atoms with Gasteiger partial charge in [0.15, 0.2) is 5.96 Å². The number of ether oxygens (including phenoxy) is 1. The Morgan fingerprint density at radius 3 is 2.61 bits per heavy atom. The van der Waals surface area contributed by atoms with Crippen molar-refractivity contribution in [3.63, 3.8) is 0 Å². The molecule has 2 aliphatic heterocycles. The van der Waals surface area contributed by atoms with Crippen molar-refractivity contribution in [3.05, 3.63) is 23.9 Å². The zero-order valence-electron chi connectivity index (χ0n) is 17.6. The molecule has 1 N–H and O–H groups in total. The van der Waals surface area contributed by atoms with Crippen molar-refractivity contribution in [2.45, 2.75) is 51.2 Å². The Kier molecular flexibility index (Phi) is 8.69. The second kappa shape index (κ2) is 10.3. The smallest absolute Gasteiger partial charge is 0.193 e. The summed E-state index contributed by atoms with van der Waals surface area (Å²) in [6.45, 7) is 13.4. The lowest BCUT2D eigenvalue weighted by atomic mass is 10.2. The normalized spacial score (nSPS) is 25.2. The first-order valence-electron chi connectivity index (χ1n) is 9.81. The number of hydrogen-bond donors (Lipinski definition) is 1. The maximum absolute atomic E-state index is 5.81. The Balaban J connectivity index is 0.00000280. The minimum absolute atomic E-state index is 0. The number of thioether (sulfide) groups is 1. The van der Waals surface area contributed by atoms with Gasteiger partial charge in [0.25, 0.3) is 0 Å². The summed E-state index contributed by atoms with van der Waals surface area (Å²) in [6.07, 6.45) is 2.45. The minimum atomic E-state index is 0. The predicted molar refractivity (Wildman–Crippen MR) is 130 cm³/mol. The Labute approximate surface area is 190 Å². The number of nitrogens with zero attached hydrogens (tertiary/aromatic N) is 4. The Bertz CT molecular complexity index is 645. The van der Waals surface area contributed by atoms with Gasteiger partial charge in [-0.25, -0.2) is 4.98 Å². The van der Waals surface area contributed by atoms with E-state index >= 15 is 0 Å². The van der Waals surface area contributed by atoms with E-state index in [4.69, 9.17) is 4.74 Å². The fraction of sp³-hybridized carbons (Fsp3) is 0.700. The summed E-state index contributed by atoms with van der Waals surface area (Å²) in [4.78, 5) is 13.8. The lowest BCUT2D eigenvalue weighted by molar-refractivity contribution is -0.00545. The van der Waals surface area contributed by atoms with Crippen LogP contribution in [0.1, 0.15) is 33.3 Å². The quantitative estimate of drug-likeness (QED) is 0.376. The third kappa shape index (κ3) is 6.38. The van der Waals surface area contributed by atoms with E-state index in [9.17, 15) is 0 Å². The number of pyridine rings is 1. The molecule has 2 atom stereocenters. The molecule has 1 aromatic heterocycles. The van der Waals surface area contributed by atoms with E-state index in [1.807, 2.05) is 25.0 Å². The number of anilines is 1. The van der Waals surface area contributed by atoms with E-state index < -0.39 is 0 Å². The highest BCUT2D eigenvalue weighted by Crippen LogP contribution is 2.29. The lowest BCUT2D eigenvalue weighted by Crippen LogP contribution is -2.50. The van der Waals surface area contributed by atoms with Gasteiger partial charge in [-0.15, -0.1) is 24.0 Å². The van der Waals surface area contributed by atoms with Crippen molar-refractivity contribution in [2.75, 3.05) is 43.9 Å². The largest absolute Gasteiger partial charge is 0.372 e. The molecule has 2 unspecified atom stereocenters. The number of aliphatic imine (C=N–C) groups is 1. The maximum atomic E-state index is 5.81. The van der Waals surface area contributed by atoms with Gasteiger partial charge in [0.05, 0.1) is 12.2 Å². The van der Waals surface area contributed by atoms with Gasteiger partial charge in [0, 0.05) is 56.5 Å². The molecule has 3 heterocycles. The summed E-state index contributed by atoms with van der Waals surface area (Å²) >= 11 is 2.03. The zero-order valence-corrected chi connectivity index (χ0v) is 20.8. The van der Waals surface area contributed by atoms with E-state index in [2.05, 4.69) is 64.9 Å². The van der Waals surface area contributed by atoms with Gasteiger partial charge in [-0.2, -0.15) is 11.8 Å². The van der Waals surface area contributed by atoms with Crippen LogP contribution in [0.3, 0.4) is 0 Å². The first kappa shape index (κ1) is 23.5. The molecule has 1 aromatic rings. The number of halogens is 1. The van der Waals surface area contributed by atoms with E-state index in [0.29, 0.717) is 0 Å². The van der Waals surface area contributed by atoms with Crippen molar-refractivity contribution in [1.29, 1.82) is 0 Å². The van der Waals surface area contributed by atoms with Crippen molar-refractivity contribution in [3.8, 4) is 0 Å². The Hall–Kier alpha value is -0.740. The molecule has 2 aliphatic rings. The predicted octanol–water partition coefficient (Wildman–Crippen LogP) is 3.22. The van der Waals surface area contributed by atoms with E-state index in [1.54, 1.807) is 0 Å². The molecule has 158 valence electrons. The third-order valence-electron chi connectivity index (χ3n) is 4.94. The van der Waals surface area contributed by atoms with Crippen LogP contribution < -0.4 is 10.2 Å². The van der Waals surface area contributed by atoms with Crippen LogP contribution in [0.4, 0.5) is 5.82 Å². The van der Waals surface area contributed by atoms with E-state index in [0.717, 1.165) is 50.3 Å².